The van der Waals surface area contributed by atoms with Gasteiger partial charge in [0, 0.05) is 59.2 Å². The zero-order valence-electron chi connectivity index (χ0n) is 26.5. The van der Waals surface area contributed by atoms with Crippen LogP contribution in [0.3, 0.4) is 0 Å². The number of hydrazine groups is 2. The number of hydrogen-bond acceptors (Lipinski definition) is 8. The zero-order chi connectivity index (χ0) is 31.6. The number of nitrogens with zero attached hydrogens (tertiary/aromatic N) is 4. The van der Waals surface area contributed by atoms with E-state index in [1.807, 2.05) is 30.3 Å². The molecule has 0 unspecified atom stereocenters. The van der Waals surface area contributed by atoms with Crippen molar-refractivity contribution in [2.75, 3.05) is 23.7 Å². The largest absolute Gasteiger partial charge is 0.381 e. The van der Waals surface area contributed by atoms with E-state index in [1.165, 1.54) is 25.7 Å². The van der Waals surface area contributed by atoms with Crippen molar-refractivity contribution in [1.82, 2.24) is 25.9 Å². The Morgan fingerprint density at radius 2 is 1.71 bits per heavy atom. The summed E-state index contributed by atoms with van der Waals surface area (Å²) in [4.78, 5) is 7.15. The molecule has 8 nitrogen and oxygen atoms in total. The lowest BCUT2D eigenvalue weighted by Gasteiger charge is -2.42. The first-order chi connectivity index (χ1) is 21.7. The summed E-state index contributed by atoms with van der Waals surface area (Å²) in [6, 6.07) is 14.8. The van der Waals surface area contributed by atoms with Gasteiger partial charge in [-0.3, -0.25) is 14.9 Å². The Bertz CT molecular complexity index is 1560. The van der Waals surface area contributed by atoms with E-state index in [4.69, 9.17) is 23.2 Å². The molecule has 0 amide bonds. The predicted octanol–water partition coefficient (Wildman–Crippen LogP) is 8.13. The number of anilines is 2. The van der Waals surface area contributed by atoms with Crippen molar-refractivity contribution >= 4 is 45.5 Å². The molecular weight excluding hydrogens is 603 g/mol. The summed E-state index contributed by atoms with van der Waals surface area (Å²) < 4.78 is 0. The number of nitrogens with one attached hydrogen (secondary N) is 4. The van der Waals surface area contributed by atoms with Gasteiger partial charge in [0.2, 0.25) is 0 Å². The lowest BCUT2D eigenvalue weighted by molar-refractivity contribution is 0.0570. The van der Waals surface area contributed by atoms with E-state index in [-0.39, 0.29) is 11.6 Å². The molecule has 2 aliphatic heterocycles. The third-order valence-corrected chi connectivity index (χ3v) is 10.0. The van der Waals surface area contributed by atoms with Crippen molar-refractivity contribution in [3.05, 3.63) is 75.7 Å². The van der Waals surface area contributed by atoms with Crippen LogP contribution in [0.5, 0.6) is 0 Å². The summed E-state index contributed by atoms with van der Waals surface area (Å²) in [6.07, 6.45) is 13.1. The molecule has 6 rings (SSSR count). The standard InChI is InChI=1S/C35H44Cl2N8/c1-35(2,3)44-16-14-28(15-17-44)45-22-31(42-43-45)33(23-10-12-25(36)13-11-23)41-27-18-29-32(40-26-8-6-4-5-7-9-26)24(20-38)21-39-34(29)30(37)19-27/h10-13,18-19,21-22,26,28,33,41-43H,4-9,14-17H2,1-3H3,(H,39,40)/t33-/m0/s1. The predicted molar refractivity (Wildman–Crippen MR) is 185 cm³/mol. The summed E-state index contributed by atoms with van der Waals surface area (Å²) in [5.74, 6) is 0. The van der Waals surface area contributed by atoms with Gasteiger partial charge >= 0.3 is 0 Å². The Morgan fingerprint density at radius 3 is 2.38 bits per heavy atom. The molecule has 0 spiro atoms. The van der Waals surface area contributed by atoms with Crippen molar-refractivity contribution in [3.8, 4) is 6.07 Å². The van der Waals surface area contributed by atoms with Crippen LogP contribution in [0, 0.1) is 11.3 Å². The highest BCUT2D eigenvalue weighted by atomic mass is 35.5. The number of fused-ring (bicyclic) bond motifs is 1. The number of hydrogen-bond donors (Lipinski definition) is 4. The minimum absolute atomic E-state index is 0.183. The van der Waals surface area contributed by atoms with Gasteiger partial charge in [-0.25, -0.2) is 0 Å². The maximum atomic E-state index is 10.0. The van der Waals surface area contributed by atoms with Gasteiger partial charge in [0.25, 0.3) is 0 Å². The van der Waals surface area contributed by atoms with E-state index in [2.05, 4.69) is 75.6 Å². The molecule has 0 bridgehead atoms. The van der Waals surface area contributed by atoms with Gasteiger partial charge in [0.15, 0.2) is 0 Å². The molecule has 2 aromatic carbocycles. The van der Waals surface area contributed by atoms with Crippen LogP contribution in [-0.4, -0.2) is 45.6 Å². The molecule has 1 atom stereocenters. The summed E-state index contributed by atoms with van der Waals surface area (Å²) >= 11 is 13.2. The Hall–Kier alpha value is -3.22. The number of aromatic nitrogens is 1. The van der Waals surface area contributed by atoms with Crippen LogP contribution < -0.4 is 21.6 Å². The van der Waals surface area contributed by atoms with Crippen LogP contribution in [0.1, 0.15) is 89.3 Å². The molecule has 10 heteroatoms. The molecule has 1 saturated heterocycles. The normalized spacial score (nSPS) is 19.5. The Balaban J connectivity index is 1.31. The number of rotatable bonds is 7. The summed E-state index contributed by atoms with van der Waals surface area (Å²) in [5.41, 5.74) is 12.0. The van der Waals surface area contributed by atoms with Crippen molar-refractivity contribution in [2.45, 2.75) is 95.8 Å². The summed E-state index contributed by atoms with van der Waals surface area (Å²) in [6.45, 7) is 9.00. The number of halogens is 2. The molecule has 238 valence electrons. The monoisotopic (exact) mass is 646 g/mol. The van der Waals surface area contributed by atoms with Gasteiger partial charge in [0.1, 0.15) is 6.07 Å². The van der Waals surface area contributed by atoms with Crippen LogP contribution in [0.25, 0.3) is 10.9 Å². The lowest BCUT2D eigenvalue weighted by atomic mass is 9.98. The van der Waals surface area contributed by atoms with Gasteiger partial charge in [0.05, 0.1) is 33.5 Å². The smallest absolute Gasteiger partial charge is 0.103 e. The second-order valence-corrected chi connectivity index (χ2v) is 14.4. The van der Waals surface area contributed by atoms with Gasteiger partial charge in [-0.2, -0.15) is 5.26 Å². The second kappa shape index (κ2) is 13.6. The SMILES string of the molecule is CC(C)(C)N1CCC(N2C=C([C@@H](Nc3cc(Cl)c4ncc(C#N)c(NC5CCCCCC5)c4c3)c3ccc(Cl)cc3)NN2)CC1. The first-order valence-electron chi connectivity index (χ1n) is 16.3. The molecule has 1 aliphatic carbocycles. The minimum Gasteiger partial charge on any atom is -0.381 e. The van der Waals surface area contributed by atoms with Crippen LogP contribution in [0.2, 0.25) is 10.0 Å². The quantitative estimate of drug-likeness (QED) is 0.191. The fraction of sp³-hybridized carbons (Fsp3) is 0.486. The lowest BCUT2D eigenvalue weighted by Crippen LogP contribution is -2.52. The number of pyridine rings is 1. The number of piperidine rings is 1. The van der Waals surface area contributed by atoms with E-state index in [0.29, 0.717) is 33.2 Å². The molecule has 3 heterocycles. The van der Waals surface area contributed by atoms with E-state index >= 15 is 0 Å². The topological polar surface area (TPSA) is 91.3 Å². The van der Waals surface area contributed by atoms with Gasteiger partial charge < -0.3 is 16.1 Å². The summed E-state index contributed by atoms with van der Waals surface area (Å²) in [7, 11) is 0. The molecule has 3 aromatic rings. The zero-order valence-corrected chi connectivity index (χ0v) is 28.0. The fourth-order valence-corrected chi connectivity index (χ4v) is 7.27. The first kappa shape index (κ1) is 31.7. The molecule has 1 aromatic heterocycles. The number of likely N-dealkylation sites (tertiary alicyclic amines) is 1. The highest BCUT2D eigenvalue weighted by molar-refractivity contribution is 6.36. The van der Waals surface area contributed by atoms with Crippen LogP contribution >= 0.6 is 23.2 Å². The average molecular weight is 648 g/mol. The van der Waals surface area contributed by atoms with Gasteiger partial charge in [-0.1, -0.05) is 61.0 Å². The van der Waals surface area contributed by atoms with Crippen LogP contribution in [0.15, 0.2) is 54.5 Å². The van der Waals surface area contributed by atoms with Crippen molar-refractivity contribution in [2.24, 2.45) is 0 Å². The Morgan fingerprint density at radius 1 is 1.00 bits per heavy atom. The van der Waals surface area contributed by atoms with Gasteiger partial charge in [-0.15, -0.1) is 5.53 Å². The minimum atomic E-state index is -0.215. The number of nitriles is 1. The third kappa shape index (κ3) is 7.28. The molecular formula is C35H44Cl2N8. The first-order valence-corrected chi connectivity index (χ1v) is 17.0. The molecule has 0 radical (unpaired) electrons. The number of benzene rings is 2. The molecule has 1 saturated carbocycles. The average Bonchev–Trinajstić information content (AvgIpc) is 3.37. The van der Waals surface area contributed by atoms with Crippen molar-refractivity contribution in [1.29, 1.82) is 5.26 Å². The van der Waals surface area contributed by atoms with Crippen molar-refractivity contribution in [3.63, 3.8) is 0 Å². The second-order valence-electron chi connectivity index (χ2n) is 13.6. The Labute approximate surface area is 277 Å². The highest BCUT2D eigenvalue weighted by Crippen LogP contribution is 2.37. The fourth-order valence-electron chi connectivity index (χ4n) is 6.88. The molecule has 45 heavy (non-hydrogen) atoms. The van der Waals surface area contributed by atoms with Crippen LogP contribution in [0.4, 0.5) is 11.4 Å². The highest BCUT2D eigenvalue weighted by Gasteiger charge is 2.32. The summed E-state index contributed by atoms with van der Waals surface area (Å²) in [5, 5.41) is 21.8. The van der Waals surface area contributed by atoms with E-state index in [9.17, 15) is 5.26 Å². The maximum absolute atomic E-state index is 10.0. The van der Waals surface area contributed by atoms with E-state index < -0.39 is 0 Å². The van der Waals surface area contributed by atoms with Crippen molar-refractivity contribution < 1.29 is 0 Å². The molecule has 2 fully saturated rings. The molecule has 3 aliphatic rings. The Kier molecular flexibility index (Phi) is 9.62. The third-order valence-electron chi connectivity index (χ3n) is 9.49. The maximum Gasteiger partial charge on any atom is 0.103 e. The van der Waals surface area contributed by atoms with E-state index in [1.54, 1.807) is 6.20 Å². The van der Waals surface area contributed by atoms with Crippen LogP contribution in [-0.2, 0) is 0 Å². The molecule has 4 N–H and O–H groups in total. The van der Waals surface area contributed by atoms with E-state index in [0.717, 1.165) is 66.8 Å². The van der Waals surface area contributed by atoms with Gasteiger partial charge in [-0.05, 0) is 76.3 Å².